The fraction of sp³-hybridized carbons (Fsp3) is 0.462. The normalized spacial score (nSPS) is 26.1. The highest BCUT2D eigenvalue weighted by atomic mass is 35.5. The van der Waals surface area contributed by atoms with E-state index in [1.807, 2.05) is 0 Å². The molecule has 0 unspecified atom stereocenters. The predicted molar refractivity (Wildman–Crippen MR) is 88.6 cm³/mol. The summed E-state index contributed by atoms with van der Waals surface area (Å²) >= 11 is 7.46. The van der Waals surface area contributed by atoms with Crippen molar-refractivity contribution in [2.24, 2.45) is 0 Å². The zero-order valence-electron chi connectivity index (χ0n) is 12.0. The van der Waals surface area contributed by atoms with Crippen LogP contribution in [0.15, 0.2) is 12.1 Å². The lowest BCUT2D eigenvalue weighted by atomic mass is 10.2. The Labute approximate surface area is 138 Å². The lowest BCUT2D eigenvalue weighted by Crippen LogP contribution is -2.37. The Kier molecular flexibility index (Phi) is 3.94. The predicted octanol–water partition coefficient (Wildman–Crippen LogP) is 2.01. The van der Waals surface area contributed by atoms with Crippen molar-refractivity contribution in [3.05, 3.63) is 17.2 Å². The van der Waals surface area contributed by atoms with Gasteiger partial charge in [0.1, 0.15) is 11.5 Å². The number of halogens is 1. The molecule has 0 radical (unpaired) electrons. The summed E-state index contributed by atoms with van der Waals surface area (Å²) in [5.41, 5.74) is 0.593. The molecule has 0 spiro atoms. The van der Waals surface area contributed by atoms with Crippen LogP contribution in [0.1, 0.15) is 0 Å². The quantitative estimate of drug-likeness (QED) is 0.886. The first kappa shape index (κ1) is 15.8. The maximum Gasteiger partial charge on any atom is 0.161 e. The number of methoxy groups -OCH3 is 2. The minimum atomic E-state index is -3.07. The Morgan fingerprint density at radius 3 is 2.59 bits per heavy atom. The van der Waals surface area contributed by atoms with E-state index in [4.69, 9.17) is 26.5 Å². The van der Waals surface area contributed by atoms with Crippen molar-refractivity contribution in [2.45, 2.75) is 11.3 Å². The Hall–Kier alpha value is -1.12. The van der Waals surface area contributed by atoms with Gasteiger partial charge in [0, 0.05) is 11.3 Å². The van der Waals surface area contributed by atoms with E-state index in [0.29, 0.717) is 27.4 Å². The molecular weight excluding hydrogens is 348 g/mol. The van der Waals surface area contributed by atoms with E-state index in [9.17, 15) is 8.42 Å². The topological polar surface area (TPSA) is 79.7 Å². The average Bonchev–Trinajstić information content (AvgIpc) is 2.88. The zero-order chi connectivity index (χ0) is 16.1. The highest BCUT2D eigenvalue weighted by molar-refractivity contribution is 8.15. The summed E-state index contributed by atoms with van der Waals surface area (Å²) in [6, 6.07) is 3.04. The molecule has 22 heavy (non-hydrogen) atoms. The summed E-state index contributed by atoms with van der Waals surface area (Å²) in [5, 5.41) is 8.75. The van der Waals surface area contributed by atoms with Crippen LogP contribution < -0.4 is 14.4 Å². The fourth-order valence-corrected chi connectivity index (χ4v) is 6.84. The van der Waals surface area contributed by atoms with E-state index in [-0.39, 0.29) is 22.8 Å². The molecule has 9 heteroatoms. The lowest BCUT2D eigenvalue weighted by Gasteiger charge is -2.26. The molecule has 1 aromatic rings. The molecular formula is C13H15ClN2O4S2. The van der Waals surface area contributed by atoms with E-state index in [0.717, 1.165) is 0 Å². The number of ether oxygens (including phenoxy) is 2. The van der Waals surface area contributed by atoms with Crippen molar-refractivity contribution >= 4 is 44.1 Å². The molecule has 120 valence electrons. The smallest absolute Gasteiger partial charge is 0.161 e. The standard InChI is InChI=1S/C13H15ClN2O4S2/c1-19-10-4-11(20-2)8(3-7(10)14)16-9-5-22(17,18)6-12(9)21-13(16)15/h3-4,9,12,15H,5-6H2,1-2H3/t9-,12+/m0/s1. The molecule has 2 heterocycles. The molecule has 1 N–H and O–H groups in total. The number of fused-ring (bicyclic) bond motifs is 1. The van der Waals surface area contributed by atoms with E-state index in [1.54, 1.807) is 17.0 Å². The van der Waals surface area contributed by atoms with Crippen LogP contribution in [-0.4, -0.2) is 50.6 Å². The molecule has 2 saturated heterocycles. The molecule has 1 aromatic carbocycles. The van der Waals surface area contributed by atoms with Gasteiger partial charge in [-0.25, -0.2) is 8.42 Å². The van der Waals surface area contributed by atoms with Gasteiger partial charge in [0.2, 0.25) is 0 Å². The molecule has 0 bridgehead atoms. The van der Waals surface area contributed by atoms with Gasteiger partial charge in [-0.05, 0) is 6.07 Å². The van der Waals surface area contributed by atoms with Crippen molar-refractivity contribution < 1.29 is 17.9 Å². The summed E-state index contributed by atoms with van der Waals surface area (Å²) < 4.78 is 34.3. The molecule has 0 saturated carbocycles. The van der Waals surface area contributed by atoms with Gasteiger partial charge in [0.15, 0.2) is 15.0 Å². The van der Waals surface area contributed by atoms with Crippen LogP contribution in [0.25, 0.3) is 0 Å². The second-order valence-corrected chi connectivity index (χ2v) is 8.92. The number of sulfone groups is 1. The number of nitrogens with one attached hydrogen (secondary N) is 1. The van der Waals surface area contributed by atoms with Gasteiger partial charge in [0.05, 0.1) is 42.5 Å². The van der Waals surface area contributed by atoms with Gasteiger partial charge in [-0.3, -0.25) is 5.41 Å². The SMILES string of the molecule is COc1cc(OC)c(N2C(=N)S[C@@H]3CS(=O)(=O)C[C@@H]32)cc1Cl. The molecule has 2 atom stereocenters. The van der Waals surface area contributed by atoms with Crippen LogP contribution in [0.4, 0.5) is 5.69 Å². The summed E-state index contributed by atoms with van der Waals surface area (Å²) in [6.07, 6.45) is 0. The largest absolute Gasteiger partial charge is 0.495 e. The van der Waals surface area contributed by atoms with Crippen LogP contribution in [0.5, 0.6) is 11.5 Å². The summed E-state index contributed by atoms with van der Waals surface area (Å²) in [6.45, 7) is 0. The number of hydrogen-bond donors (Lipinski definition) is 1. The first-order valence-corrected chi connectivity index (χ1v) is 9.60. The Morgan fingerprint density at radius 1 is 1.27 bits per heavy atom. The van der Waals surface area contributed by atoms with E-state index >= 15 is 0 Å². The minimum Gasteiger partial charge on any atom is -0.495 e. The average molecular weight is 363 g/mol. The third-order valence-electron chi connectivity index (χ3n) is 3.80. The minimum absolute atomic E-state index is 0.0415. The third kappa shape index (κ3) is 2.53. The highest BCUT2D eigenvalue weighted by Gasteiger charge is 2.49. The van der Waals surface area contributed by atoms with Crippen LogP contribution >= 0.6 is 23.4 Å². The van der Waals surface area contributed by atoms with Gasteiger partial charge in [-0.1, -0.05) is 23.4 Å². The van der Waals surface area contributed by atoms with Gasteiger partial charge < -0.3 is 14.4 Å². The summed E-state index contributed by atoms with van der Waals surface area (Å²) in [5.74, 6) is 1.11. The number of amidine groups is 1. The van der Waals surface area contributed by atoms with Crippen molar-refractivity contribution in [3.63, 3.8) is 0 Å². The number of benzene rings is 1. The number of nitrogens with zero attached hydrogens (tertiary/aromatic N) is 1. The molecule has 3 rings (SSSR count). The number of rotatable bonds is 3. The third-order valence-corrected chi connectivity index (χ3v) is 7.22. The van der Waals surface area contributed by atoms with Crippen LogP contribution in [0.2, 0.25) is 5.02 Å². The number of thioether (sulfide) groups is 1. The van der Waals surface area contributed by atoms with Crippen molar-refractivity contribution in [2.75, 3.05) is 30.6 Å². The van der Waals surface area contributed by atoms with Gasteiger partial charge >= 0.3 is 0 Å². The Bertz CT molecular complexity index is 738. The van der Waals surface area contributed by atoms with E-state index in [1.165, 1.54) is 26.0 Å². The monoisotopic (exact) mass is 362 g/mol. The molecule has 0 aromatic heterocycles. The molecule has 0 aliphatic carbocycles. The van der Waals surface area contributed by atoms with Gasteiger partial charge in [-0.15, -0.1) is 0 Å². The maximum absolute atomic E-state index is 11.9. The molecule has 6 nitrogen and oxygen atoms in total. The maximum atomic E-state index is 11.9. The second kappa shape index (κ2) is 5.50. The molecule has 0 amide bonds. The zero-order valence-corrected chi connectivity index (χ0v) is 14.4. The van der Waals surface area contributed by atoms with Gasteiger partial charge in [-0.2, -0.15) is 0 Å². The van der Waals surface area contributed by atoms with Crippen molar-refractivity contribution in [1.29, 1.82) is 5.41 Å². The summed E-state index contributed by atoms with van der Waals surface area (Å²) in [4.78, 5) is 1.70. The van der Waals surface area contributed by atoms with Crippen molar-refractivity contribution in [1.82, 2.24) is 0 Å². The summed E-state index contributed by atoms with van der Waals surface area (Å²) in [7, 11) is -0.0467. The molecule has 2 aliphatic rings. The highest BCUT2D eigenvalue weighted by Crippen LogP contribution is 2.46. The Morgan fingerprint density at radius 2 is 1.95 bits per heavy atom. The number of hydrogen-bond acceptors (Lipinski definition) is 6. The first-order valence-electron chi connectivity index (χ1n) is 6.52. The van der Waals surface area contributed by atoms with Crippen LogP contribution in [0, 0.1) is 5.41 Å². The van der Waals surface area contributed by atoms with Gasteiger partial charge in [0.25, 0.3) is 0 Å². The first-order chi connectivity index (χ1) is 10.4. The molecule has 2 aliphatic heterocycles. The van der Waals surface area contributed by atoms with Crippen LogP contribution in [0.3, 0.4) is 0 Å². The molecule has 2 fully saturated rings. The van der Waals surface area contributed by atoms with Crippen LogP contribution in [-0.2, 0) is 9.84 Å². The lowest BCUT2D eigenvalue weighted by molar-refractivity contribution is 0.394. The fourth-order valence-electron chi connectivity index (χ4n) is 2.82. The van der Waals surface area contributed by atoms with E-state index < -0.39 is 9.84 Å². The van der Waals surface area contributed by atoms with E-state index in [2.05, 4.69) is 0 Å². The van der Waals surface area contributed by atoms with Crippen molar-refractivity contribution in [3.8, 4) is 11.5 Å². The Balaban J connectivity index is 2.06. The second-order valence-electron chi connectivity index (χ2n) is 5.13. The number of anilines is 1.